The smallest absolute Gasteiger partial charge is 0.243 e. The average Bonchev–Trinajstić information content (AvgIpc) is 2.65. The van der Waals surface area contributed by atoms with Crippen LogP contribution in [0.1, 0.15) is 5.56 Å². The fourth-order valence-corrected chi connectivity index (χ4v) is 3.41. The number of ether oxygens (including phenoxy) is 2. The maximum Gasteiger partial charge on any atom is 0.243 e. The molecule has 1 amide bonds. The number of para-hydroxylation sites is 2. The van der Waals surface area contributed by atoms with Gasteiger partial charge in [-0.3, -0.25) is 9.10 Å². The molecule has 27 heavy (non-hydrogen) atoms. The molecule has 0 saturated heterocycles. The van der Waals surface area contributed by atoms with E-state index in [1.165, 1.54) is 12.0 Å². The van der Waals surface area contributed by atoms with Crippen LogP contribution in [0.3, 0.4) is 0 Å². The molecule has 0 heterocycles. The van der Waals surface area contributed by atoms with Gasteiger partial charge in [0.15, 0.2) is 0 Å². The minimum atomic E-state index is -3.67. The van der Waals surface area contributed by atoms with E-state index in [1.807, 2.05) is 24.3 Å². The Morgan fingerprint density at radius 2 is 1.63 bits per heavy atom. The zero-order valence-electron chi connectivity index (χ0n) is 15.9. The Bertz CT molecular complexity index is 881. The van der Waals surface area contributed by atoms with Crippen molar-refractivity contribution in [1.29, 1.82) is 0 Å². The highest BCUT2D eigenvalue weighted by atomic mass is 32.2. The predicted molar refractivity (Wildman–Crippen MR) is 105 cm³/mol. The summed E-state index contributed by atoms with van der Waals surface area (Å²) in [4.78, 5) is 14.1. The number of likely N-dealkylation sites (N-methyl/N-ethyl adjacent to an activating group) is 1. The fraction of sp³-hybridized carbons (Fsp3) is 0.316. The first-order chi connectivity index (χ1) is 12.8. The third-order valence-electron chi connectivity index (χ3n) is 4.04. The van der Waals surface area contributed by atoms with Crippen molar-refractivity contribution in [3.63, 3.8) is 0 Å². The highest BCUT2D eigenvalue weighted by molar-refractivity contribution is 7.92. The predicted octanol–water partition coefficient (Wildman–Crippen LogP) is 2.13. The molecule has 0 radical (unpaired) electrons. The molecule has 0 aliphatic carbocycles. The number of benzene rings is 2. The summed E-state index contributed by atoms with van der Waals surface area (Å²) < 4.78 is 36.0. The summed E-state index contributed by atoms with van der Waals surface area (Å²) in [5.74, 6) is 0.780. The molecule has 2 aromatic rings. The minimum Gasteiger partial charge on any atom is -0.497 e. The van der Waals surface area contributed by atoms with E-state index >= 15 is 0 Å². The number of nitrogens with zero attached hydrogens (tertiary/aromatic N) is 2. The van der Waals surface area contributed by atoms with Crippen LogP contribution in [-0.2, 0) is 21.4 Å². The van der Waals surface area contributed by atoms with Crippen LogP contribution in [0.5, 0.6) is 11.5 Å². The topological polar surface area (TPSA) is 76.2 Å². The van der Waals surface area contributed by atoms with E-state index in [-0.39, 0.29) is 12.5 Å². The van der Waals surface area contributed by atoms with Crippen molar-refractivity contribution in [2.45, 2.75) is 6.54 Å². The Morgan fingerprint density at radius 1 is 1.00 bits per heavy atom. The van der Waals surface area contributed by atoms with Crippen LogP contribution in [-0.4, -0.2) is 53.3 Å². The van der Waals surface area contributed by atoms with E-state index in [2.05, 4.69) is 0 Å². The number of rotatable bonds is 8. The molecule has 0 atom stereocenters. The number of methoxy groups -OCH3 is 2. The van der Waals surface area contributed by atoms with Gasteiger partial charge in [0.25, 0.3) is 0 Å². The summed E-state index contributed by atoms with van der Waals surface area (Å²) in [6.07, 6.45) is 1.07. The van der Waals surface area contributed by atoms with Crippen LogP contribution in [0.15, 0.2) is 48.5 Å². The van der Waals surface area contributed by atoms with Gasteiger partial charge in [0, 0.05) is 13.6 Å². The molecule has 0 bridgehead atoms. The number of hydrogen-bond donors (Lipinski definition) is 0. The van der Waals surface area contributed by atoms with Crippen molar-refractivity contribution in [3.8, 4) is 11.5 Å². The van der Waals surface area contributed by atoms with Crippen LogP contribution in [0.25, 0.3) is 0 Å². The Morgan fingerprint density at radius 3 is 2.19 bits per heavy atom. The van der Waals surface area contributed by atoms with Crippen LogP contribution >= 0.6 is 0 Å². The molecule has 146 valence electrons. The van der Waals surface area contributed by atoms with Gasteiger partial charge in [0.05, 0.1) is 26.2 Å². The van der Waals surface area contributed by atoms with Crippen molar-refractivity contribution in [1.82, 2.24) is 4.90 Å². The van der Waals surface area contributed by atoms with Gasteiger partial charge < -0.3 is 14.4 Å². The Hall–Kier alpha value is -2.74. The summed E-state index contributed by atoms with van der Waals surface area (Å²) in [5.41, 5.74) is 1.24. The Kier molecular flexibility index (Phi) is 6.68. The molecule has 0 fully saturated rings. The lowest BCUT2D eigenvalue weighted by molar-refractivity contribution is -0.128. The molecule has 8 heteroatoms. The summed E-state index contributed by atoms with van der Waals surface area (Å²) in [6.45, 7) is 0.0399. The van der Waals surface area contributed by atoms with E-state index < -0.39 is 10.0 Å². The SMILES string of the molecule is COc1ccc(CN(C)C(=O)CN(c2ccccc2OC)S(C)(=O)=O)cc1. The number of carbonyl (C=O) groups is 1. The standard InChI is InChI=1S/C19H24N2O5S/c1-20(13-15-9-11-16(25-2)12-10-15)19(22)14-21(27(4,23)24)17-7-5-6-8-18(17)26-3/h5-12H,13-14H2,1-4H3. The van der Waals surface area contributed by atoms with Crippen molar-refractivity contribution in [2.75, 3.05) is 38.4 Å². The first-order valence-electron chi connectivity index (χ1n) is 8.24. The maximum absolute atomic E-state index is 12.7. The summed E-state index contributed by atoms with van der Waals surface area (Å²) in [6, 6.07) is 14.0. The second kappa shape index (κ2) is 8.77. The molecule has 0 N–H and O–H groups in total. The van der Waals surface area contributed by atoms with Crippen molar-refractivity contribution >= 4 is 21.6 Å². The Balaban J connectivity index is 2.17. The second-order valence-corrected chi connectivity index (χ2v) is 7.95. The zero-order valence-corrected chi connectivity index (χ0v) is 16.7. The molecular formula is C19H24N2O5S. The zero-order chi connectivity index (χ0) is 20.0. The first kappa shape index (κ1) is 20.6. The Labute approximate surface area is 160 Å². The van der Waals surface area contributed by atoms with E-state index in [0.717, 1.165) is 21.9 Å². The molecule has 2 rings (SSSR count). The monoisotopic (exact) mass is 392 g/mol. The largest absolute Gasteiger partial charge is 0.497 e. The van der Waals surface area contributed by atoms with E-state index in [1.54, 1.807) is 38.4 Å². The second-order valence-electron chi connectivity index (χ2n) is 6.04. The minimum absolute atomic E-state index is 0.314. The third-order valence-corrected chi connectivity index (χ3v) is 5.16. The van der Waals surface area contributed by atoms with Gasteiger partial charge in [-0.2, -0.15) is 0 Å². The van der Waals surface area contributed by atoms with Gasteiger partial charge in [-0.15, -0.1) is 0 Å². The van der Waals surface area contributed by atoms with E-state index in [0.29, 0.717) is 18.0 Å². The van der Waals surface area contributed by atoms with E-state index in [9.17, 15) is 13.2 Å². The number of hydrogen-bond acceptors (Lipinski definition) is 5. The molecule has 0 unspecified atom stereocenters. The molecule has 0 aliphatic heterocycles. The first-order valence-corrected chi connectivity index (χ1v) is 10.1. The average molecular weight is 392 g/mol. The molecule has 7 nitrogen and oxygen atoms in total. The molecule has 0 saturated carbocycles. The van der Waals surface area contributed by atoms with Crippen LogP contribution < -0.4 is 13.8 Å². The van der Waals surface area contributed by atoms with Gasteiger partial charge >= 0.3 is 0 Å². The highest BCUT2D eigenvalue weighted by Gasteiger charge is 2.25. The summed E-state index contributed by atoms with van der Waals surface area (Å²) in [5, 5.41) is 0. The highest BCUT2D eigenvalue weighted by Crippen LogP contribution is 2.29. The summed E-state index contributed by atoms with van der Waals surface area (Å²) >= 11 is 0. The van der Waals surface area contributed by atoms with Gasteiger partial charge in [0.1, 0.15) is 18.0 Å². The van der Waals surface area contributed by atoms with E-state index in [4.69, 9.17) is 9.47 Å². The van der Waals surface area contributed by atoms with Crippen LogP contribution in [0, 0.1) is 0 Å². The number of carbonyl (C=O) groups excluding carboxylic acids is 1. The lowest BCUT2D eigenvalue weighted by atomic mass is 10.2. The van der Waals surface area contributed by atoms with Crippen molar-refractivity contribution < 1.29 is 22.7 Å². The third kappa shape index (κ3) is 5.37. The number of anilines is 1. The number of amides is 1. The number of sulfonamides is 1. The van der Waals surface area contributed by atoms with Crippen LogP contribution in [0.4, 0.5) is 5.69 Å². The fourth-order valence-electron chi connectivity index (χ4n) is 2.55. The molecular weight excluding hydrogens is 368 g/mol. The molecule has 0 spiro atoms. The van der Waals surface area contributed by atoms with Gasteiger partial charge in [-0.1, -0.05) is 24.3 Å². The quantitative estimate of drug-likeness (QED) is 0.688. The summed E-state index contributed by atoms with van der Waals surface area (Å²) in [7, 11) is 1.00. The van der Waals surface area contributed by atoms with Crippen molar-refractivity contribution in [3.05, 3.63) is 54.1 Å². The lowest BCUT2D eigenvalue weighted by Gasteiger charge is -2.26. The van der Waals surface area contributed by atoms with Gasteiger partial charge in [-0.05, 0) is 29.8 Å². The van der Waals surface area contributed by atoms with Crippen molar-refractivity contribution in [2.24, 2.45) is 0 Å². The van der Waals surface area contributed by atoms with Crippen LogP contribution in [0.2, 0.25) is 0 Å². The molecule has 0 aromatic heterocycles. The lowest BCUT2D eigenvalue weighted by Crippen LogP contribution is -2.41. The van der Waals surface area contributed by atoms with Gasteiger partial charge in [-0.25, -0.2) is 8.42 Å². The van der Waals surface area contributed by atoms with Gasteiger partial charge in [0.2, 0.25) is 15.9 Å². The maximum atomic E-state index is 12.7. The molecule has 2 aromatic carbocycles. The molecule has 0 aliphatic rings. The normalized spacial score (nSPS) is 11.0.